The van der Waals surface area contributed by atoms with E-state index in [9.17, 15) is 9.59 Å². The van der Waals surface area contributed by atoms with Crippen LogP contribution in [0.4, 0.5) is 0 Å². The van der Waals surface area contributed by atoms with Crippen LogP contribution in [0.15, 0.2) is 41.3 Å². The van der Waals surface area contributed by atoms with E-state index in [1.165, 1.54) is 23.5 Å². The smallest absolute Gasteiger partial charge is 0.197 e. The number of carbonyl (C=O) groups is 2. The molecule has 3 nitrogen and oxygen atoms in total. The van der Waals surface area contributed by atoms with E-state index in [-0.39, 0.29) is 27.2 Å². The highest BCUT2D eigenvalue weighted by Gasteiger charge is 2.34. The predicted molar refractivity (Wildman–Crippen MR) is 114 cm³/mol. The van der Waals surface area contributed by atoms with E-state index >= 15 is 0 Å². The van der Waals surface area contributed by atoms with Gasteiger partial charge in [0, 0.05) is 16.0 Å². The predicted octanol–water partition coefficient (Wildman–Crippen LogP) is 6.86. The summed E-state index contributed by atoms with van der Waals surface area (Å²) in [5, 5.41) is 3.53. The lowest BCUT2D eigenvalue weighted by Crippen LogP contribution is -1.99. The van der Waals surface area contributed by atoms with Crippen LogP contribution >= 0.6 is 57.2 Å². The van der Waals surface area contributed by atoms with Crippen LogP contribution in [0.25, 0.3) is 25.5 Å². The molecule has 3 aromatic heterocycles. The summed E-state index contributed by atoms with van der Waals surface area (Å²) in [6.07, 6.45) is 1.64. The first-order valence-electron chi connectivity index (χ1n) is 7.75. The normalized spacial score (nSPS) is 13.6. The van der Waals surface area contributed by atoms with Crippen molar-refractivity contribution in [1.29, 1.82) is 0 Å². The maximum Gasteiger partial charge on any atom is 0.197 e. The zero-order valence-corrected chi connectivity index (χ0v) is 17.2. The Morgan fingerprint density at radius 1 is 0.963 bits per heavy atom. The number of benzene rings is 1. The number of thiophene rings is 2. The van der Waals surface area contributed by atoms with Crippen LogP contribution in [0.3, 0.4) is 0 Å². The van der Waals surface area contributed by atoms with Gasteiger partial charge in [-0.25, -0.2) is 4.98 Å². The monoisotopic (exact) mass is 447 g/mol. The van der Waals surface area contributed by atoms with Crippen molar-refractivity contribution in [3.8, 4) is 9.88 Å². The minimum absolute atomic E-state index is 0.135. The summed E-state index contributed by atoms with van der Waals surface area (Å²) in [4.78, 5) is 32.8. The molecule has 0 aliphatic heterocycles. The van der Waals surface area contributed by atoms with Crippen LogP contribution in [-0.4, -0.2) is 16.6 Å². The zero-order valence-electron chi connectivity index (χ0n) is 13.3. The van der Waals surface area contributed by atoms with Crippen LogP contribution in [0.2, 0.25) is 10.0 Å². The molecule has 0 N–H and O–H groups in total. The third-order valence-electron chi connectivity index (χ3n) is 4.17. The number of hydrogen-bond donors (Lipinski definition) is 0. The summed E-state index contributed by atoms with van der Waals surface area (Å²) in [5.41, 5.74) is 0.741. The van der Waals surface area contributed by atoms with Crippen molar-refractivity contribution < 1.29 is 9.59 Å². The van der Waals surface area contributed by atoms with Gasteiger partial charge >= 0.3 is 0 Å². The molecule has 0 saturated heterocycles. The molecule has 27 heavy (non-hydrogen) atoms. The second kappa shape index (κ2) is 6.36. The molecule has 0 atom stereocenters. The molecular weight excluding hydrogens is 441 g/mol. The van der Waals surface area contributed by atoms with Crippen molar-refractivity contribution in [3.63, 3.8) is 0 Å². The second-order valence-corrected chi connectivity index (χ2v) is 9.70. The molecule has 3 heterocycles. The summed E-state index contributed by atoms with van der Waals surface area (Å²) in [7, 11) is 0. The first kappa shape index (κ1) is 17.3. The van der Waals surface area contributed by atoms with Crippen molar-refractivity contribution in [2.75, 3.05) is 0 Å². The van der Waals surface area contributed by atoms with Gasteiger partial charge in [-0.15, -0.1) is 34.0 Å². The fourth-order valence-corrected chi connectivity index (χ4v) is 6.21. The summed E-state index contributed by atoms with van der Waals surface area (Å²) in [5.74, 6) is -0.643. The number of fused-ring (bicyclic) bond motifs is 2. The van der Waals surface area contributed by atoms with E-state index in [4.69, 9.17) is 23.2 Å². The Balaban J connectivity index is 1.54. The van der Waals surface area contributed by atoms with E-state index in [1.807, 2.05) is 23.6 Å². The summed E-state index contributed by atoms with van der Waals surface area (Å²) in [6, 6.07) is 8.92. The topological polar surface area (TPSA) is 47.0 Å². The minimum atomic E-state index is -0.322. The molecular formula is C19H7Cl2NO2S3. The number of carbonyl (C=O) groups excluding carboxylic acids is 2. The number of thiazole rings is 1. The number of nitrogens with zero attached hydrogens (tertiary/aromatic N) is 1. The van der Waals surface area contributed by atoms with Crippen molar-refractivity contribution >= 4 is 84.4 Å². The van der Waals surface area contributed by atoms with Gasteiger partial charge in [-0.3, -0.25) is 9.59 Å². The Labute approximate surface area is 175 Å². The highest BCUT2D eigenvalue weighted by molar-refractivity contribution is 7.30. The van der Waals surface area contributed by atoms with Gasteiger partial charge in [-0.05, 0) is 35.7 Å². The van der Waals surface area contributed by atoms with Gasteiger partial charge in [0.1, 0.15) is 9.84 Å². The van der Waals surface area contributed by atoms with E-state index in [0.29, 0.717) is 11.1 Å². The molecule has 132 valence electrons. The lowest BCUT2D eigenvalue weighted by molar-refractivity contribution is 0.0990. The maximum absolute atomic E-state index is 12.6. The van der Waals surface area contributed by atoms with E-state index in [1.54, 1.807) is 28.7 Å². The number of rotatable bonds is 2. The molecule has 4 aromatic rings. The number of aromatic nitrogens is 1. The Morgan fingerprint density at radius 2 is 1.67 bits per heavy atom. The summed E-state index contributed by atoms with van der Waals surface area (Å²) < 4.78 is 1.04. The standard InChI is InChI=1S/C19H7Cl2NO2S3/c20-12-6-9-10(7-13(12)21)17(24)11(16(9)23)4-8-5-15-19(26-8)22-18(27-15)14-2-1-3-25-14/h1-7H. The van der Waals surface area contributed by atoms with Crippen LogP contribution in [0, 0.1) is 0 Å². The van der Waals surface area contributed by atoms with Gasteiger partial charge in [0.05, 0.1) is 25.2 Å². The Hall–Kier alpha value is -1.83. The van der Waals surface area contributed by atoms with Gasteiger partial charge in [0.15, 0.2) is 11.6 Å². The molecule has 1 aromatic carbocycles. The van der Waals surface area contributed by atoms with Crippen LogP contribution < -0.4 is 0 Å². The second-order valence-electron chi connectivity index (χ2n) is 5.84. The quantitative estimate of drug-likeness (QED) is 0.249. The first-order chi connectivity index (χ1) is 13.0. The van der Waals surface area contributed by atoms with Gasteiger partial charge < -0.3 is 0 Å². The Bertz CT molecular complexity index is 1210. The van der Waals surface area contributed by atoms with Gasteiger partial charge in [-0.2, -0.15) is 0 Å². The highest BCUT2D eigenvalue weighted by Crippen LogP contribution is 2.39. The molecule has 5 rings (SSSR count). The van der Waals surface area contributed by atoms with Crippen molar-refractivity contribution in [2.45, 2.75) is 0 Å². The van der Waals surface area contributed by atoms with E-state index < -0.39 is 0 Å². The van der Waals surface area contributed by atoms with Gasteiger partial charge in [-0.1, -0.05) is 29.3 Å². The number of hydrogen-bond acceptors (Lipinski definition) is 6. The maximum atomic E-state index is 12.6. The average Bonchev–Trinajstić information content (AvgIpc) is 3.38. The van der Waals surface area contributed by atoms with Crippen LogP contribution in [-0.2, 0) is 0 Å². The number of ketones is 2. The molecule has 0 unspecified atom stereocenters. The average molecular weight is 448 g/mol. The van der Waals surface area contributed by atoms with Gasteiger partial charge in [0.25, 0.3) is 0 Å². The molecule has 0 saturated carbocycles. The van der Waals surface area contributed by atoms with Crippen molar-refractivity contribution in [1.82, 2.24) is 4.98 Å². The number of Topliss-reactive ketones (excluding diaryl/α,β-unsaturated/α-hetero) is 2. The largest absolute Gasteiger partial charge is 0.288 e. The van der Waals surface area contributed by atoms with Gasteiger partial charge in [0.2, 0.25) is 0 Å². The third kappa shape index (κ3) is 2.80. The first-order valence-corrected chi connectivity index (χ1v) is 11.0. The highest BCUT2D eigenvalue weighted by atomic mass is 35.5. The molecule has 0 spiro atoms. The molecule has 0 bridgehead atoms. The fraction of sp³-hybridized carbons (Fsp3) is 0. The number of allylic oxidation sites excluding steroid dienone is 1. The van der Waals surface area contributed by atoms with Crippen LogP contribution in [0.1, 0.15) is 25.6 Å². The molecule has 1 aliphatic carbocycles. The fourth-order valence-electron chi connectivity index (χ4n) is 2.92. The molecule has 0 amide bonds. The zero-order chi connectivity index (χ0) is 18.7. The number of halogens is 2. The molecule has 0 radical (unpaired) electrons. The lowest BCUT2D eigenvalue weighted by Gasteiger charge is -1.98. The summed E-state index contributed by atoms with van der Waals surface area (Å²) in [6.45, 7) is 0. The SMILES string of the molecule is O=C1C(=Cc2cc3sc(-c4cccs4)nc3s2)C(=O)c2cc(Cl)c(Cl)cc21. The Kier molecular flexibility index (Phi) is 4.07. The van der Waals surface area contributed by atoms with Crippen molar-refractivity contribution in [3.05, 3.63) is 67.3 Å². The third-order valence-corrected chi connectivity index (χ3v) is 8.03. The van der Waals surface area contributed by atoms with Crippen LogP contribution in [0.5, 0.6) is 0 Å². The molecule has 0 fully saturated rings. The van der Waals surface area contributed by atoms with Crippen molar-refractivity contribution in [2.24, 2.45) is 0 Å². The molecule has 1 aliphatic rings. The Morgan fingerprint density at radius 3 is 2.26 bits per heavy atom. The minimum Gasteiger partial charge on any atom is -0.288 e. The molecule has 8 heteroatoms. The summed E-state index contributed by atoms with van der Waals surface area (Å²) >= 11 is 16.7. The van der Waals surface area contributed by atoms with E-state index in [2.05, 4.69) is 4.98 Å². The lowest BCUT2D eigenvalue weighted by atomic mass is 10.1. The van der Waals surface area contributed by atoms with E-state index in [0.717, 1.165) is 24.3 Å².